The van der Waals surface area contributed by atoms with E-state index in [9.17, 15) is 27.6 Å². The number of nitrogens with zero attached hydrogens (tertiary/aromatic N) is 3. The zero-order valence-electron chi connectivity index (χ0n) is 15.1. The molecule has 12 heteroatoms. The molecule has 0 atom stereocenters. The van der Waals surface area contributed by atoms with E-state index in [2.05, 4.69) is 0 Å². The minimum atomic E-state index is -4.08. The Bertz CT molecular complexity index is 748. The molecule has 1 fully saturated rings. The van der Waals surface area contributed by atoms with Crippen molar-refractivity contribution >= 4 is 26.3 Å². The summed E-state index contributed by atoms with van der Waals surface area (Å²) in [7, 11) is -5.15. The zero-order chi connectivity index (χ0) is 20.1. The summed E-state index contributed by atoms with van der Waals surface area (Å²) in [5, 5.41) is 11.2. The molecule has 10 nitrogen and oxygen atoms in total. The van der Waals surface area contributed by atoms with Gasteiger partial charge in [0, 0.05) is 45.9 Å². The summed E-state index contributed by atoms with van der Waals surface area (Å²) < 4.78 is 51.5. The van der Waals surface area contributed by atoms with Gasteiger partial charge < -0.3 is 4.74 Å². The second-order valence-electron chi connectivity index (χ2n) is 6.17. The molecular weight excluding hydrogens is 398 g/mol. The minimum absolute atomic E-state index is 0.0634. The van der Waals surface area contributed by atoms with Crippen molar-refractivity contribution in [2.45, 2.75) is 4.90 Å². The first-order valence-electron chi connectivity index (χ1n) is 8.36. The van der Waals surface area contributed by atoms with Crippen LogP contribution >= 0.6 is 10.6 Å². The number of hydrogen-bond donors (Lipinski definition) is 2. The predicted octanol–water partition coefficient (Wildman–Crippen LogP) is 1.30. The van der Waals surface area contributed by atoms with Gasteiger partial charge in [0.05, 0.1) is 23.0 Å². The molecule has 0 bridgehead atoms. The number of sulfonamides is 1. The molecule has 2 N–H and O–H groups in total. The number of para-hydroxylation sites is 1. The largest absolute Gasteiger partial charge is 0.383 e. The molecule has 0 spiro atoms. The van der Waals surface area contributed by atoms with E-state index >= 15 is 0 Å². The molecule has 0 unspecified atom stereocenters. The van der Waals surface area contributed by atoms with Crippen molar-refractivity contribution in [1.29, 1.82) is 0 Å². The Morgan fingerprint density at radius 3 is 2.48 bits per heavy atom. The van der Waals surface area contributed by atoms with Gasteiger partial charge in [-0.05, 0) is 6.07 Å². The normalized spacial score (nSPS) is 19.1. The van der Waals surface area contributed by atoms with Crippen LogP contribution in [0.4, 0.5) is 5.69 Å². The maximum absolute atomic E-state index is 13.0. The summed E-state index contributed by atoms with van der Waals surface area (Å²) in [4.78, 5) is 12.1. The molecule has 1 aliphatic heterocycles. The van der Waals surface area contributed by atoms with E-state index < -0.39 is 31.2 Å². The van der Waals surface area contributed by atoms with Crippen molar-refractivity contribution in [3.05, 3.63) is 34.4 Å². The number of nitro groups is 1. The molecule has 0 aromatic heterocycles. The van der Waals surface area contributed by atoms with Crippen molar-refractivity contribution in [2.24, 2.45) is 0 Å². The van der Waals surface area contributed by atoms with E-state index in [-0.39, 0.29) is 36.1 Å². The molecule has 1 aliphatic rings. The highest BCUT2D eigenvalue weighted by Crippen LogP contribution is 2.40. The topological polar surface area (TPSA) is 133 Å². The Kier molecular flexibility index (Phi) is 7.56. The van der Waals surface area contributed by atoms with Gasteiger partial charge in [-0.25, -0.2) is 8.42 Å². The van der Waals surface area contributed by atoms with E-state index in [0.29, 0.717) is 19.6 Å². The molecule has 154 valence electrons. The van der Waals surface area contributed by atoms with Crippen LogP contribution in [0.5, 0.6) is 0 Å². The average Bonchev–Trinajstić information content (AvgIpc) is 2.62. The number of methoxy groups -OCH3 is 1. The van der Waals surface area contributed by atoms with Crippen LogP contribution in [-0.2, 0) is 14.8 Å². The second kappa shape index (κ2) is 9.28. The standard InChI is InChI=1S/C15H25N3O7S2/c1-25-11-8-17(7-6-16-9-12-26(21,22)13-10-16)27(23,24)15-5-3-2-4-14(15)18(19)20/h2-5,21-22H,6-13H2,1H3. The first kappa shape index (κ1) is 22.0. The van der Waals surface area contributed by atoms with Crippen LogP contribution in [0.25, 0.3) is 0 Å². The van der Waals surface area contributed by atoms with Crippen LogP contribution in [0.3, 0.4) is 0 Å². The van der Waals surface area contributed by atoms with Gasteiger partial charge in [0.15, 0.2) is 4.90 Å². The van der Waals surface area contributed by atoms with Crippen LogP contribution in [0.2, 0.25) is 0 Å². The fourth-order valence-electron chi connectivity index (χ4n) is 2.75. The van der Waals surface area contributed by atoms with Gasteiger partial charge in [-0.15, -0.1) is 0 Å². The lowest BCUT2D eigenvalue weighted by Gasteiger charge is -2.41. The van der Waals surface area contributed by atoms with Gasteiger partial charge in [-0.3, -0.25) is 24.1 Å². The Balaban J connectivity index is 2.16. The predicted molar refractivity (Wildman–Crippen MR) is 103 cm³/mol. The van der Waals surface area contributed by atoms with Crippen LogP contribution < -0.4 is 0 Å². The van der Waals surface area contributed by atoms with Crippen molar-refractivity contribution in [1.82, 2.24) is 9.21 Å². The third-order valence-corrected chi connectivity index (χ3v) is 7.98. The van der Waals surface area contributed by atoms with Crippen molar-refractivity contribution in [3.63, 3.8) is 0 Å². The van der Waals surface area contributed by atoms with Gasteiger partial charge in [0.25, 0.3) is 5.69 Å². The molecule has 0 aliphatic carbocycles. The molecule has 1 aromatic rings. The Labute approximate surface area is 160 Å². The number of benzene rings is 1. The van der Waals surface area contributed by atoms with Gasteiger partial charge >= 0.3 is 0 Å². The van der Waals surface area contributed by atoms with Crippen molar-refractivity contribution in [3.8, 4) is 0 Å². The van der Waals surface area contributed by atoms with Crippen LogP contribution in [-0.4, -0.2) is 89.6 Å². The SMILES string of the molecule is COCCN(CCN1CCS(O)(O)CC1)S(=O)(=O)c1ccccc1[N+](=O)[O-]. The highest BCUT2D eigenvalue weighted by molar-refractivity contribution is 8.24. The molecule has 0 amide bonds. The summed E-state index contributed by atoms with van der Waals surface area (Å²) in [5.41, 5.74) is -0.466. The summed E-state index contributed by atoms with van der Waals surface area (Å²) in [5.74, 6) is 0.532. The smallest absolute Gasteiger partial charge is 0.289 e. The number of rotatable bonds is 9. The lowest BCUT2D eigenvalue weighted by molar-refractivity contribution is -0.387. The molecular formula is C15H25N3O7S2. The van der Waals surface area contributed by atoms with E-state index in [4.69, 9.17) is 4.74 Å². The highest BCUT2D eigenvalue weighted by Gasteiger charge is 2.32. The Morgan fingerprint density at radius 2 is 1.89 bits per heavy atom. The van der Waals surface area contributed by atoms with E-state index in [1.165, 1.54) is 29.6 Å². The third kappa shape index (κ3) is 5.85. The lowest BCUT2D eigenvalue weighted by atomic mass is 10.3. The summed E-state index contributed by atoms with van der Waals surface area (Å²) >= 11 is 0. The molecule has 27 heavy (non-hydrogen) atoms. The first-order valence-corrected chi connectivity index (χ1v) is 11.7. The number of hydrogen-bond acceptors (Lipinski definition) is 8. The highest BCUT2D eigenvalue weighted by atomic mass is 32.3. The number of ether oxygens (including phenoxy) is 1. The average molecular weight is 424 g/mol. The quantitative estimate of drug-likeness (QED) is 0.448. The lowest BCUT2D eigenvalue weighted by Crippen LogP contribution is -2.44. The maximum Gasteiger partial charge on any atom is 0.289 e. The third-order valence-electron chi connectivity index (χ3n) is 4.36. The van der Waals surface area contributed by atoms with Crippen molar-refractivity contribution < 1.29 is 27.2 Å². The first-order chi connectivity index (χ1) is 12.7. The summed E-state index contributed by atoms with van der Waals surface area (Å²) in [6.45, 7) is 1.66. The van der Waals surface area contributed by atoms with Gasteiger partial charge in [0.1, 0.15) is 0 Å². The maximum atomic E-state index is 13.0. The Hall–Kier alpha value is -1.28. The van der Waals surface area contributed by atoms with Crippen LogP contribution in [0.15, 0.2) is 29.2 Å². The zero-order valence-corrected chi connectivity index (χ0v) is 16.7. The fourth-order valence-corrected chi connectivity index (χ4v) is 5.63. The van der Waals surface area contributed by atoms with Crippen molar-refractivity contribution in [2.75, 3.05) is 57.9 Å². The molecule has 1 heterocycles. The molecule has 2 rings (SSSR count). The van der Waals surface area contributed by atoms with Gasteiger partial charge in [-0.2, -0.15) is 14.9 Å². The molecule has 1 aromatic carbocycles. The van der Waals surface area contributed by atoms with Crippen LogP contribution in [0, 0.1) is 10.1 Å². The summed E-state index contributed by atoms with van der Waals surface area (Å²) in [6, 6.07) is 5.26. The number of nitro benzene ring substituents is 1. The monoisotopic (exact) mass is 423 g/mol. The molecule has 1 saturated heterocycles. The molecule has 0 saturated carbocycles. The second-order valence-corrected chi connectivity index (χ2v) is 10.5. The molecule has 0 radical (unpaired) electrons. The van der Waals surface area contributed by atoms with E-state index in [0.717, 1.165) is 6.07 Å². The van der Waals surface area contributed by atoms with Gasteiger partial charge in [-0.1, -0.05) is 12.1 Å². The van der Waals surface area contributed by atoms with E-state index in [1.807, 2.05) is 4.90 Å². The Morgan fingerprint density at radius 1 is 1.26 bits per heavy atom. The van der Waals surface area contributed by atoms with Gasteiger partial charge in [0.2, 0.25) is 10.0 Å². The van der Waals surface area contributed by atoms with E-state index in [1.54, 1.807) is 0 Å². The summed E-state index contributed by atoms with van der Waals surface area (Å²) in [6.07, 6.45) is 0. The minimum Gasteiger partial charge on any atom is -0.383 e. The van der Waals surface area contributed by atoms with Crippen LogP contribution in [0.1, 0.15) is 0 Å². The fraction of sp³-hybridized carbons (Fsp3) is 0.600.